The molecule has 196 valence electrons. The Morgan fingerprint density at radius 3 is 2.37 bits per heavy atom. The molecule has 5 nitrogen and oxygen atoms in total. The number of pyridine rings is 1. The zero-order valence-corrected chi connectivity index (χ0v) is 22.6. The maximum atomic E-state index is 11.7. The lowest BCUT2D eigenvalue weighted by Crippen LogP contribution is -2.49. The minimum atomic E-state index is -0.512. The Morgan fingerprint density at radius 1 is 0.947 bits per heavy atom. The summed E-state index contributed by atoms with van der Waals surface area (Å²) in [5, 5.41) is 18.3. The van der Waals surface area contributed by atoms with Crippen LogP contribution in [0.5, 0.6) is 0 Å². The molecule has 0 saturated heterocycles. The Kier molecular flexibility index (Phi) is 6.04. The number of nitrogens with zero attached hydrogens (tertiary/aromatic N) is 2. The fraction of sp³-hybridized carbons (Fsp3) is 0.419. The van der Waals surface area contributed by atoms with Gasteiger partial charge in [0.1, 0.15) is 11.5 Å². The molecule has 0 spiro atoms. The Labute approximate surface area is 232 Å². The van der Waals surface area contributed by atoms with Crippen LogP contribution in [0.4, 0.5) is 0 Å². The molecule has 2 aromatic heterocycles. The Bertz CT molecular complexity index is 1460. The lowest BCUT2D eigenvalue weighted by Gasteiger charge is -2.55. The third kappa shape index (κ3) is 4.06. The molecular weight excluding hydrogens is 519 g/mol. The summed E-state index contributed by atoms with van der Waals surface area (Å²) in [6.07, 6.45) is 9.11. The van der Waals surface area contributed by atoms with Crippen molar-refractivity contribution < 1.29 is 14.4 Å². The third-order valence-corrected chi connectivity index (χ3v) is 9.91. The summed E-state index contributed by atoms with van der Waals surface area (Å²) in [7, 11) is 0. The van der Waals surface area contributed by atoms with Gasteiger partial charge in [-0.15, -0.1) is 0 Å². The quantitative estimate of drug-likeness (QED) is 0.251. The molecule has 1 N–H and O–H groups in total. The Morgan fingerprint density at radius 2 is 1.66 bits per heavy atom. The number of benzene rings is 2. The van der Waals surface area contributed by atoms with Crippen molar-refractivity contribution in [2.24, 2.45) is 5.41 Å². The largest absolute Gasteiger partial charge is 0.388 e. The first-order valence-corrected chi connectivity index (χ1v) is 14.3. The second kappa shape index (κ2) is 9.34. The molecule has 1 unspecified atom stereocenters. The number of hydrogen-bond acceptors (Lipinski definition) is 5. The summed E-state index contributed by atoms with van der Waals surface area (Å²) in [5.41, 5.74) is 3.98. The highest BCUT2D eigenvalue weighted by atomic mass is 35.5. The van der Waals surface area contributed by atoms with Crippen LogP contribution >= 0.6 is 23.2 Å². The Hall–Kier alpha value is -2.44. The first-order chi connectivity index (χ1) is 18.5. The summed E-state index contributed by atoms with van der Waals surface area (Å²) in [6.45, 7) is 0.427. The number of fused-ring (bicyclic) bond motifs is 4. The lowest BCUT2D eigenvalue weighted by molar-refractivity contribution is -0.169. The highest BCUT2D eigenvalue weighted by molar-refractivity contribution is 6.39. The number of para-hydroxylation sites is 1. The molecule has 2 aromatic carbocycles. The molecule has 0 aliphatic heterocycles. The maximum Gasteiger partial charge on any atom is 0.145 e. The predicted octanol–water partition coefficient (Wildman–Crippen LogP) is 8.42. The van der Waals surface area contributed by atoms with E-state index in [9.17, 15) is 5.11 Å². The van der Waals surface area contributed by atoms with Crippen molar-refractivity contribution in [3.05, 3.63) is 81.7 Å². The van der Waals surface area contributed by atoms with E-state index in [0.717, 1.165) is 79.2 Å². The molecule has 7 heteroatoms. The van der Waals surface area contributed by atoms with Gasteiger partial charge in [0, 0.05) is 34.0 Å². The molecule has 0 amide bonds. The first kappa shape index (κ1) is 24.6. The van der Waals surface area contributed by atoms with Gasteiger partial charge in [-0.2, -0.15) is 0 Å². The molecule has 4 saturated carbocycles. The first-order valence-electron chi connectivity index (χ1n) is 13.6. The molecule has 1 atom stereocenters. The second-order valence-electron chi connectivity index (χ2n) is 11.4. The van der Waals surface area contributed by atoms with Crippen LogP contribution in [0.3, 0.4) is 0 Å². The van der Waals surface area contributed by atoms with Crippen molar-refractivity contribution >= 4 is 34.1 Å². The van der Waals surface area contributed by atoms with Gasteiger partial charge in [-0.25, -0.2) is 0 Å². The van der Waals surface area contributed by atoms with Crippen molar-refractivity contribution in [1.29, 1.82) is 0 Å². The van der Waals surface area contributed by atoms with Crippen molar-refractivity contribution in [1.82, 2.24) is 10.1 Å². The van der Waals surface area contributed by atoms with Gasteiger partial charge in [0.25, 0.3) is 0 Å². The summed E-state index contributed by atoms with van der Waals surface area (Å²) in [5.74, 6) is 1.30. The number of aromatic nitrogens is 2. The average Bonchev–Trinajstić information content (AvgIpc) is 3.72. The van der Waals surface area contributed by atoms with Crippen molar-refractivity contribution in [3.8, 4) is 11.3 Å². The van der Waals surface area contributed by atoms with Crippen LogP contribution in [-0.2, 0) is 11.3 Å². The fourth-order valence-electron chi connectivity index (χ4n) is 6.77. The van der Waals surface area contributed by atoms with Crippen molar-refractivity contribution in [2.75, 3.05) is 0 Å². The van der Waals surface area contributed by atoms with Gasteiger partial charge in [-0.3, -0.25) is 4.98 Å². The zero-order valence-electron chi connectivity index (χ0n) is 21.1. The minimum absolute atomic E-state index is 0.123. The number of hydrogen-bond donors (Lipinski definition) is 1. The van der Waals surface area contributed by atoms with E-state index >= 15 is 0 Å². The van der Waals surface area contributed by atoms with E-state index in [2.05, 4.69) is 16.2 Å². The average molecular weight is 549 g/mol. The Balaban J connectivity index is 1.12. The number of ether oxygens (including phenoxy) is 1. The number of aliphatic hydroxyl groups is 1. The van der Waals surface area contributed by atoms with Gasteiger partial charge in [0.15, 0.2) is 0 Å². The lowest BCUT2D eigenvalue weighted by atomic mass is 9.55. The van der Waals surface area contributed by atoms with E-state index in [0.29, 0.717) is 33.8 Å². The van der Waals surface area contributed by atoms with E-state index in [4.69, 9.17) is 32.5 Å². The SMILES string of the molecule is OC(c1ccnc2ccccc12)C12CCC(OCc3c(-c4c(Cl)cccc4Cl)noc3C3CC3)(CC1)CC2. The van der Waals surface area contributed by atoms with Gasteiger partial charge in [-0.1, -0.05) is 52.6 Å². The third-order valence-electron chi connectivity index (χ3n) is 9.28. The highest BCUT2D eigenvalue weighted by Crippen LogP contribution is 2.60. The van der Waals surface area contributed by atoms with Crippen LogP contribution in [0.25, 0.3) is 22.2 Å². The molecule has 4 aromatic rings. The number of halogens is 2. The van der Waals surface area contributed by atoms with Gasteiger partial charge in [0.05, 0.1) is 33.9 Å². The standard InChI is InChI=1S/C31H30Cl2N2O3/c32-23-5-3-6-24(33)26(23)27-22(28(38-35-27)19-8-9-19)18-37-31-14-11-30(12-15-31,13-16-31)29(36)21-10-17-34-25-7-2-1-4-20(21)25/h1-7,10,17,19,29,36H,8-9,11-16,18H2. The van der Waals surface area contributed by atoms with Gasteiger partial charge in [0.2, 0.25) is 0 Å². The van der Waals surface area contributed by atoms with Crippen molar-refractivity contribution in [3.63, 3.8) is 0 Å². The minimum Gasteiger partial charge on any atom is -0.388 e. The topological polar surface area (TPSA) is 68.4 Å². The van der Waals surface area contributed by atoms with E-state index in [1.54, 1.807) is 0 Å². The van der Waals surface area contributed by atoms with Gasteiger partial charge >= 0.3 is 0 Å². The summed E-state index contributed by atoms with van der Waals surface area (Å²) in [4.78, 5) is 4.49. The van der Waals surface area contributed by atoms with E-state index in [1.165, 1.54) is 0 Å². The number of rotatable bonds is 7. The summed E-state index contributed by atoms with van der Waals surface area (Å²) < 4.78 is 12.6. The fourth-order valence-corrected chi connectivity index (χ4v) is 7.34. The molecular formula is C31H30Cl2N2O3. The summed E-state index contributed by atoms with van der Waals surface area (Å²) in [6, 6.07) is 15.6. The molecule has 2 heterocycles. The van der Waals surface area contributed by atoms with Gasteiger partial charge < -0.3 is 14.4 Å². The van der Waals surface area contributed by atoms with Crippen LogP contribution in [-0.4, -0.2) is 20.8 Å². The molecule has 2 bridgehead atoms. The maximum absolute atomic E-state index is 11.7. The predicted molar refractivity (Wildman–Crippen MR) is 148 cm³/mol. The molecule has 8 rings (SSSR count). The summed E-state index contributed by atoms with van der Waals surface area (Å²) >= 11 is 13.1. The zero-order chi connectivity index (χ0) is 25.9. The second-order valence-corrected chi connectivity index (χ2v) is 12.2. The smallest absolute Gasteiger partial charge is 0.145 e. The van der Waals surface area contributed by atoms with Crippen molar-refractivity contribution in [2.45, 2.75) is 75.6 Å². The van der Waals surface area contributed by atoms with Crippen LogP contribution in [0, 0.1) is 5.41 Å². The van der Waals surface area contributed by atoms with Crippen LogP contribution in [0.2, 0.25) is 10.0 Å². The van der Waals surface area contributed by atoms with E-state index < -0.39 is 6.10 Å². The molecule has 4 aliphatic carbocycles. The molecule has 38 heavy (non-hydrogen) atoms. The molecule has 0 radical (unpaired) electrons. The monoisotopic (exact) mass is 548 g/mol. The van der Waals surface area contributed by atoms with E-state index in [-0.39, 0.29) is 11.0 Å². The van der Waals surface area contributed by atoms with Crippen LogP contribution < -0.4 is 0 Å². The molecule has 4 fully saturated rings. The van der Waals surface area contributed by atoms with Crippen LogP contribution in [0.1, 0.15) is 80.3 Å². The molecule has 4 aliphatic rings. The normalized spacial score (nSPS) is 25.7. The highest BCUT2D eigenvalue weighted by Gasteiger charge is 2.53. The van der Waals surface area contributed by atoms with E-state index in [1.807, 2.05) is 48.7 Å². The number of aliphatic hydroxyl groups excluding tert-OH is 1. The van der Waals surface area contributed by atoms with Gasteiger partial charge in [-0.05, 0) is 81.2 Å². The van der Waals surface area contributed by atoms with Crippen LogP contribution in [0.15, 0.2) is 59.3 Å².